The maximum absolute atomic E-state index is 14.1. The molecule has 9 rings (SSSR count). The molecule has 0 aliphatic heterocycles. The van der Waals surface area contributed by atoms with Crippen LogP contribution in [0.4, 0.5) is 8.78 Å². The van der Waals surface area contributed by atoms with Gasteiger partial charge in [-0.05, 0) is 55.5 Å². The van der Waals surface area contributed by atoms with E-state index in [2.05, 4.69) is 35.8 Å². The van der Waals surface area contributed by atoms with Gasteiger partial charge in [0.15, 0.2) is 0 Å². The van der Waals surface area contributed by atoms with Crippen molar-refractivity contribution in [1.82, 2.24) is 4.57 Å². The van der Waals surface area contributed by atoms with Crippen LogP contribution < -0.4 is 0 Å². The Balaban J connectivity index is 1.46. The van der Waals surface area contributed by atoms with Crippen LogP contribution in [0.25, 0.3) is 74.5 Å². The number of halogens is 2. The number of nitrogens with zero attached hydrogens (tertiary/aromatic N) is 1. The molecule has 0 fully saturated rings. The van der Waals surface area contributed by atoms with Crippen molar-refractivity contribution >= 4 is 125 Å². The highest BCUT2D eigenvalue weighted by molar-refractivity contribution is 7.48. The normalized spacial score (nSPS) is 12.7. The molecule has 0 atom stereocenters. The molecule has 0 N–H and O–H groups in total. The maximum Gasteiger partial charge on any atom is 0.124 e. The molecule has 0 saturated carbocycles. The molecule has 3 aromatic carbocycles. The number of aromatic nitrogens is 1. The van der Waals surface area contributed by atoms with E-state index in [9.17, 15) is 8.78 Å². The Bertz CT molecular complexity index is 2390. The second-order valence-electron chi connectivity index (χ2n) is 9.29. The zero-order valence-electron chi connectivity index (χ0n) is 19.0. The van der Waals surface area contributed by atoms with Gasteiger partial charge >= 0.3 is 0 Å². The lowest BCUT2D eigenvalue weighted by Crippen LogP contribution is -1.93. The van der Waals surface area contributed by atoms with Crippen LogP contribution in [0.2, 0.25) is 0 Å². The Morgan fingerprint density at radius 2 is 1.03 bits per heavy atom. The number of benzene rings is 3. The predicted octanol–water partition coefficient (Wildman–Crippen LogP) is 11.4. The topological polar surface area (TPSA) is 4.93 Å². The number of hydrogen-bond donors (Lipinski definition) is 0. The van der Waals surface area contributed by atoms with Crippen LogP contribution >= 0.6 is 56.7 Å². The van der Waals surface area contributed by atoms with Crippen LogP contribution in [0.5, 0.6) is 0 Å². The molecule has 6 heterocycles. The molecule has 0 bridgehead atoms. The Labute approximate surface area is 228 Å². The van der Waals surface area contributed by atoms with Gasteiger partial charge < -0.3 is 4.57 Å². The lowest BCUT2D eigenvalue weighted by atomic mass is 10.2. The van der Waals surface area contributed by atoms with E-state index in [1.165, 1.54) is 48.7 Å². The molecule has 0 amide bonds. The SMILES string of the molecule is Cc1ccc(-n2c3c4ccc(F)cc4sc3c3sc4c5sc6c7ccc(F)cc7sc6c5sc4c32)cc1. The molecular formula is C29H13F2NS5. The van der Waals surface area contributed by atoms with Crippen molar-refractivity contribution in [2.45, 2.75) is 6.92 Å². The summed E-state index contributed by atoms with van der Waals surface area (Å²) in [6.07, 6.45) is 0. The summed E-state index contributed by atoms with van der Waals surface area (Å²) in [6, 6.07) is 18.9. The number of hydrogen-bond acceptors (Lipinski definition) is 5. The van der Waals surface area contributed by atoms with E-state index in [-0.39, 0.29) is 11.6 Å². The minimum Gasteiger partial charge on any atom is -0.305 e. The molecule has 8 heteroatoms. The lowest BCUT2D eigenvalue weighted by molar-refractivity contribution is 0.629. The summed E-state index contributed by atoms with van der Waals surface area (Å²) in [5.41, 5.74) is 4.74. The summed E-state index contributed by atoms with van der Waals surface area (Å²) in [4.78, 5) is 0. The third-order valence-electron chi connectivity index (χ3n) is 7.05. The van der Waals surface area contributed by atoms with Gasteiger partial charge in [-0.1, -0.05) is 17.7 Å². The van der Waals surface area contributed by atoms with E-state index in [4.69, 9.17) is 0 Å². The monoisotopic (exact) mass is 573 g/mol. The van der Waals surface area contributed by atoms with Gasteiger partial charge in [-0.25, -0.2) is 8.78 Å². The van der Waals surface area contributed by atoms with E-state index in [1.54, 1.807) is 46.9 Å². The molecule has 0 saturated heterocycles. The van der Waals surface area contributed by atoms with Gasteiger partial charge in [0.05, 0.1) is 48.6 Å². The standard InChI is InChI=1S/C29H13F2NS5/c1-12-2-6-15(7-3-12)32-20-16-8-4-13(30)10-18(16)33-23(20)24-21(32)25-27(36-24)29-28(37-25)26-22(35-29)17-9-5-14(31)11-19(17)34-26/h2-11H,1H3. The van der Waals surface area contributed by atoms with Crippen LogP contribution in [-0.2, 0) is 0 Å². The second kappa shape index (κ2) is 7.15. The van der Waals surface area contributed by atoms with Crippen LogP contribution in [-0.4, -0.2) is 4.57 Å². The van der Waals surface area contributed by atoms with Gasteiger partial charge in [0.1, 0.15) is 11.6 Å². The largest absolute Gasteiger partial charge is 0.305 e. The maximum atomic E-state index is 14.1. The Morgan fingerprint density at radius 3 is 1.76 bits per heavy atom. The van der Waals surface area contributed by atoms with E-state index in [1.807, 2.05) is 46.1 Å². The van der Waals surface area contributed by atoms with Gasteiger partial charge in [-0.2, -0.15) is 0 Å². The molecule has 0 aliphatic carbocycles. The summed E-state index contributed by atoms with van der Waals surface area (Å²) < 4.78 is 42.7. The molecule has 178 valence electrons. The second-order valence-corrected chi connectivity index (χ2v) is 14.5. The summed E-state index contributed by atoms with van der Waals surface area (Å²) in [5, 5.41) is 2.23. The number of rotatable bonds is 1. The van der Waals surface area contributed by atoms with Crippen molar-refractivity contribution in [2.24, 2.45) is 0 Å². The van der Waals surface area contributed by atoms with Gasteiger partial charge in [-0.3, -0.25) is 0 Å². The van der Waals surface area contributed by atoms with Crippen LogP contribution in [0, 0.1) is 18.6 Å². The van der Waals surface area contributed by atoms with E-state index >= 15 is 0 Å². The van der Waals surface area contributed by atoms with Gasteiger partial charge in [-0.15, -0.1) is 56.7 Å². The van der Waals surface area contributed by atoms with Gasteiger partial charge in [0.25, 0.3) is 0 Å². The molecule has 0 spiro atoms. The average molecular weight is 574 g/mol. The minimum atomic E-state index is -0.200. The van der Waals surface area contributed by atoms with Crippen molar-refractivity contribution in [1.29, 1.82) is 0 Å². The first-order valence-corrected chi connectivity index (χ1v) is 15.7. The molecule has 9 aromatic rings. The van der Waals surface area contributed by atoms with Crippen molar-refractivity contribution in [3.8, 4) is 5.69 Å². The van der Waals surface area contributed by atoms with E-state index in [0.717, 1.165) is 31.4 Å². The zero-order valence-corrected chi connectivity index (χ0v) is 23.1. The highest BCUT2D eigenvalue weighted by Gasteiger charge is 2.26. The average Bonchev–Trinajstić information content (AvgIpc) is 3.67. The summed E-state index contributed by atoms with van der Waals surface area (Å²) in [5.74, 6) is -0.385. The van der Waals surface area contributed by atoms with Crippen LogP contribution in [0.1, 0.15) is 5.56 Å². The summed E-state index contributed by atoms with van der Waals surface area (Å²) in [6.45, 7) is 2.10. The van der Waals surface area contributed by atoms with Crippen molar-refractivity contribution in [2.75, 3.05) is 0 Å². The molecule has 37 heavy (non-hydrogen) atoms. The Hall–Kier alpha value is -2.88. The fourth-order valence-corrected chi connectivity index (χ4v) is 12.7. The molecular weight excluding hydrogens is 561 g/mol. The fourth-order valence-electron chi connectivity index (χ4n) is 5.40. The van der Waals surface area contributed by atoms with E-state index < -0.39 is 0 Å². The van der Waals surface area contributed by atoms with Gasteiger partial charge in [0.2, 0.25) is 0 Å². The van der Waals surface area contributed by atoms with Crippen molar-refractivity contribution < 1.29 is 8.78 Å². The third-order valence-corrected chi connectivity index (χ3v) is 13.8. The zero-order chi connectivity index (χ0) is 24.6. The quantitative estimate of drug-likeness (QED) is 0.184. The first-order chi connectivity index (χ1) is 18.0. The molecule has 0 radical (unpaired) electrons. The van der Waals surface area contributed by atoms with Crippen molar-refractivity contribution in [3.05, 3.63) is 77.9 Å². The smallest absolute Gasteiger partial charge is 0.124 e. The third kappa shape index (κ3) is 2.69. The number of aryl methyl sites for hydroxylation is 1. The number of fused-ring (bicyclic) bond motifs is 13. The van der Waals surface area contributed by atoms with E-state index in [0.29, 0.717) is 0 Å². The molecule has 1 nitrogen and oxygen atoms in total. The van der Waals surface area contributed by atoms with Gasteiger partial charge in [0, 0.05) is 25.9 Å². The Morgan fingerprint density at radius 1 is 0.514 bits per heavy atom. The minimum absolute atomic E-state index is 0.186. The lowest BCUT2D eigenvalue weighted by Gasteiger charge is -2.07. The summed E-state index contributed by atoms with van der Waals surface area (Å²) in [7, 11) is 0. The first kappa shape index (κ1) is 21.1. The van der Waals surface area contributed by atoms with Crippen LogP contribution in [0.3, 0.4) is 0 Å². The first-order valence-electron chi connectivity index (χ1n) is 11.6. The summed E-state index contributed by atoms with van der Waals surface area (Å²) >= 11 is 8.91. The predicted molar refractivity (Wildman–Crippen MR) is 162 cm³/mol. The fraction of sp³-hybridized carbons (Fsp3) is 0.0345. The molecule has 0 aliphatic rings. The highest BCUT2D eigenvalue weighted by Crippen LogP contribution is 2.56. The highest BCUT2D eigenvalue weighted by atomic mass is 32.1. The Kier molecular flexibility index (Phi) is 4.08. The number of thiophene rings is 5. The van der Waals surface area contributed by atoms with Crippen LogP contribution in [0.15, 0.2) is 60.7 Å². The van der Waals surface area contributed by atoms with Crippen molar-refractivity contribution in [3.63, 3.8) is 0 Å². The molecule has 6 aromatic heterocycles. The molecule has 0 unspecified atom stereocenters.